The van der Waals surface area contributed by atoms with Gasteiger partial charge in [0.25, 0.3) is 5.91 Å². The van der Waals surface area contributed by atoms with Gasteiger partial charge in [-0.25, -0.2) is 0 Å². The molecule has 39 heavy (non-hydrogen) atoms. The smallest absolute Gasteiger partial charge is 0.253 e. The monoisotopic (exact) mass is 520 g/mol. The van der Waals surface area contributed by atoms with Gasteiger partial charge < -0.3 is 14.6 Å². The summed E-state index contributed by atoms with van der Waals surface area (Å²) in [6.07, 6.45) is 4.82. The topological polar surface area (TPSA) is 82.2 Å². The Balaban J connectivity index is 1.45. The van der Waals surface area contributed by atoms with Gasteiger partial charge in [-0.1, -0.05) is 24.3 Å². The summed E-state index contributed by atoms with van der Waals surface area (Å²) in [6, 6.07) is 19.9. The van der Waals surface area contributed by atoms with Gasteiger partial charge in [0.05, 0.1) is 11.6 Å². The van der Waals surface area contributed by atoms with Crippen molar-refractivity contribution in [3.8, 4) is 28.5 Å². The van der Waals surface area contributed by atoms with Crippen molar-refractivity contribution in [3.63, 3.8) is 0 Å². The number of hydrogen-bond acceptors (Lipinski definition) is 5. The molecule has 0 radical (unpaired) electrons. The summed E-state index contributed by atoms with van der Waals surface area (Å²) in [7, 11) is 3.48. The number of benzene rings is 2. The van der Waals surface area contributed by atoms with Crippen LogP contribution in [0.25, 0.3) is 33.6 Å². The zero-order valence-corrected chi connectivity index (χ0v) is 23.6. The molecule has 1 aliphatic heterocycles. The molecule has 4 aromatic rings. The molecule has 5 rings (SSSR count). The van der Waals surface area contributed by atoms with Crippen molar-refractivity contribution in [2.24, 2.45) is 5.92 Å². The number of piperidine rings is 1. The van der Waals surface area contributed by atoms with E-state index in [1.54, 1.807) is 25.2 Å². The van der Waals surface area contributed by atoms with Crippen LogP contribution in [0.1, 0.15) is 62.0 Å². The van der Waals surface area contributed by atoms with E-state index in [1.165, 1.54) is 0 Å². The van der Waals surface area contributed by atoms with Crippen molar-refractivity contribution in [3.05, 3.63) is 77.5 Å². The predicted molar refractivity (Wildman–Crippen MR) is 155 cm³/mol. The number of rotatable bonds is 5. The molecule has 0 unspecified atom stereocenters. The Labute approximate surface area is 230 Å². The second-order valence-corrected chi connectivity index (χ2v) is 12.3. The Morgan fingerprint density at radius 2 is 1.69 bits per heavy atom. The highest BCUT2D eigenvalue weighted by Gasteiger charge is 2.37. The number of aromatic nitrogens is 1. The van der Waals surface area contributed by atoms with Crippen LogP contribution in [0, 0.1) is 17.2 Å². The van der Waals surface area contributed by atoms with Crippen LogP contribution in [0.2, 0.25) is 0 Å². The first-order chi connectivity index (χ1) is 18.4. The molecule has 0 bridgehead atoms. The summed E-state index contributed by atoms with van der Waals surface area (Å²) >= 11 is 0. The van der Waals surface area contributed by atoms with E-state index in [2.05, 4.69) is 56.2 Å². The molecule has 0 atom stereocenters. The highest BCUT2D eigenvalue weighted by atomic mass is 16.3. The van der Waals surface area contributed by atoms with Gasteiger partial charge in [0.15, 0.2) is 5.58 Å². The standard InChI is InChI=1S/C33H36N4O2/c1-32(2)18-21(19-33(3,4)36-32)15-24-11-12-25(16-26(24)20-34)27-13-14-35-28-17-29(39-30(27)28)22-7-9-23(10-8-22)31(38)37(5)6/h7-14,16-17,21,36H,15,18-19H2,1-6H3. The Morgan fingerprint density at radius 1 is 1.03 bits per heavy atom. The predicted octanol–water partition coefficient (Wildman–Crippen LogP) is 6.83. The van der Waals surface area contributed by atoms with Crippen molar-refractivity contribution in [2.75, 3.05) is 14.1 Å². The molecular weight excluding hydrogens is 484 g/mol. The minimum absolute atomic E-state index is 0.0422. The Bertz CT molecular complexity index is 1560. The number of fused-ring (bicyclic) bond motifs is 1. The first-order valence-electron chi connectivity index (χ1n) is 13.5. The van der Waals surface area contributed by atoms with E-state index < -0.39 is 0 Å². The van der Waals surface area contributed by atoms with Gasteiger partial charge in [-0.2, -0.15) is 5.26 Å². The van der Waals surface area contributed by atoms with Crippen LogP contribution in [0.5, 0.6) is 0 Å². The van der Waals surface area contributed by atoms with E-state index >= 15 is 0 Å². The molecule has 1 fully saturated rings. The van der Waals surface area contributed by atoms with Gasteiger partial charge in [0.2, 0.25) is 0 Å². The SMILES string of the molecule is CN(C)C(=O)c1ccc(-c2cc3nccc(-c4ccc(CC5CC(C)(C)NC(C)(C)C5)c(C#N)c4)c3o2)cc1. The minimum Gasteiger partial charge on any atom is -0.454 e. The lowest BCUT2D eigenvalue weighted by Crippen LogP contribution is -2.58. The summed E-state index contributed by atoms with van der Waals surface area (Å²) in [5, 5.41) is 13.8. The third-order valence-corrected chi connectivity index (χ3v) is 7.56. The second kappa shape index (κ2) is 9.98. The van der Waals surface area contributed by atoms with Crippen LogP contribution in [0.3, 0.4) is 0 Å². The average Bonchev–Trinajstić information content (AvgIpc) is 3.31. The summed E-state index contributed by atoms with van der Waals surface area (Å²) in [5.41, 5.74) is 6.70. The molecule has 200 valence electrons. The Morgan fingerprint density at radius 3 is 2.33 bits per heavy atom. The molecule has 0 saturated carbocycles. The molecule has 0 spiro atoms. The number of nitrogens with zero attached hydrogens (tertiary/aromatic N) is 3. The van der Waals surface area contributed by atoms with Gasteiger partial charge in [0, 0.05) is 54.1 Å². The lowest BCUT2D eigenvalue weighted by atomic mass is 9.73. The van der Waals surface area contributed by atoms with E-state index in [-0.39, 0.29) is 17.0 Å². The third kappa shape index (κ3) is 5.60. The maximum absolute atomic E-state index is 12.2. The van der Waals surface area contributed by atoms with Crippen molar-refractivity contribution >= 4 is 17.0 Å². The van der Waals surface area contributed by atoms with Gasteiger partial charge >= 0.3 is 0 Å². The molecule has 2 aromatic heterocycles. The minimum atomic E-state index is -0.0422. The fourth-order valence-corrected chi connectivity index (χ4v) is 6.36. The zero-order valence-electron chi connectivity index (χ0n) is 23.6. The summed E-state index contributed by atoms with van der Waals surface area (Å²) in [4.78, 5) is 18.3. The quantitative estimate of drug-likeness (QED) is 0.312. The van der Waals surface area contributed by atoms with Crippen LogP contribution in [-0.2, 0) is 6.42 Å². The van der Waals surface area contributed by atoms with Crippen molar-refractivity contribution in [1.29, 1.82) is 5.26 Å². The lowest BCUT2D eigenvalue weighted by Gasteiger charge is -2.46. The largest absolute Gasteiger partial charge is 0.454 e. The third-order valence-electron chi connectivity index (χ3n) is 7.56. The average molecular weight is 521 g/mol. The van der Waals surface area contributed by atoms with Crippen LogP contribution < -0.4 is 5.32 Å². The van der Waals surface area contributed by atoms with E-state index in [0.717, 1.165) is 47.0 Å². The van der Waals surface area contributed by atoms with Crippen LogP contribution in [0.4, 0.5) is 0 Å². The number of hydrogen-bond donors (Lipinski definition) is 1. The first-order valence-corrected chi connectivity index (χ1v) is 13.5. The highest BCUT2D eigenvalue weighted by molar-refractivity contribution is 5.95. The van der Waals surface area contributed by atoms with Crippen molar-refractivity contribution in [2.45, 2.75) is 58.0 Å². The van der Waals surface area contributed by atoms with Crippen molar-refractivity contribution < 1.29 is 9.21 Å². The number of nitrogens with one attached hydrogen (secondary N) is 1. The molecule has 0 aliphatic carbocycles. The maximum Gasteiger partial charge on any atom is 0.253 e. The number of carbonyl (C=O) groups excluding carboxylic acids is 1. The molecule has 6 nitrogen and oxygen atoms in total. The van der Waals surface area contributed by atoms with Crippen LogP contribution in [-0.4, -0.2) is 41.0 Å². The fraction of sp³-hybridized carbons (Fsp3) is 0.364. The summed E-state index contributed by atoms with van der Waals surface area (Å²) in [6.45, 7) is 9.05. The van der Waals surface area contributed by atoms with Gasteiger partial charge in [-0.05, 0) is 88.3 Å². The van der Waals surface area contributed by atoms with Crippen LogP contribution in [0.15, 0.2) is 65.2 Å². The number of carbonyl (C=O) groups is 1. The lowest BCUT2D eigenvalue weighted by molar-refractivity contribution is 0.0827. The maximum atomic E-state index is 12.2. The van der Waals surface area contributed by atoms with Crippen molar-refractivity contribution in [1.82, 2.24) is 15.2 Å². The number of nitriles is 1. The molecule has 1 N–H and O–H groups in total. The summed E-state index contributed by atoms with van der Waals surface area (Å²) < 4.78 is 6.31. The van der Waals surface area contributed by atoms with E-state index in [4.69, 9.17) is 4.42 Å². The van der Waals surface area contributed by atoms with E-state index in [0.29, 0.717) is 28.4 Å². The molecular formula is C33H36N4O2. The number of pyridine rings is 1. The molecule has 3 heterocycles. The summed E-state index contributed by atoms with van der Waals surface area (Å²) in [5.74, 6) is 1.15. The Kier molecular flexibility index (Phi) is 6.82. The van der Waals surface area contributed by atoms with E-state index in [1.807, 2.05) is 42.5 Å². The van der Waals surface area contributed by atoms with Gasteiger partial charge in [-0.15, -0.1) is 0 Å². The molecule has 6 heteroatoms. The zero-order chi connectivity index (χ0) is 27.9. The normalized spacial score (nSPS) is 16.6. The van der Waals surface area contributed by atoms with Gasteiger partial charge in [0.1, 0.15) is 11.3 Å². The first kappa shape index (κ1) is 26.6. The van der Waals surface area contributed by atoms with E-state index in [9.17, 15) is 10.1 Å². The molecule has 1 amide bonds. The Hall–Kier alpha value is -3.95. The second-order valence-electron chi connectivity index (χ2n) is 12.3. The number of furan rings is 1. The molecule has 2 aromatic carbocycles. The fourth-order valence-electron chi connectivity index (χ4n) is 6.36. The van der Waals surface area contributed by atoms with Gasteiger partial charge in [-0.3, -0.25) is 9.78 Å². The number of amides is 1. The highest BCUT2D eigenvalue weighted by Crippen LogP contribution is 2.37. The molecule has 1 saturated heterocycles. The van der Waals surface area contributed by atoms with Crippen LogP contribution >= 0.6 is 0 Å². The molecule has 1 aliphatic rings.